The summed E-state index contributed by atoms with van der Waals surface area (Å²) in [5.74, 6) is 0.126. The molecule has 0 radical (unpaired) electrons. The molecule has 5 nitrogen and oxygen atoms in total. The minimum atomic E-state index is 0.0779. The molecule has 2 heterocycles. The van der Waals surface area contributed by atoms with Gasteiger partial charge in [-0.05, 0) is 38.9 Å². The second-order valence-corrected chi connectivity index (χ2v) is 6.60. The molecule has 116 valence electrons. The second-order valence-electron chi connectivity index (χ2n) is 6.60. The summed E-state index contributed by atoms with van der Waals surface area (Å²) in [6, 6.07) is 2.27. The lowest BCUT2D eigenvalue weighted by Crippen LogP contribution is -2.48. The van der Waals surface area contributed by atoms with Gasteiger partial charge < -0.3 is 9.80 Å². The standard InChI is InChI=1S/C16H26N4O/c1-3-19(2)13-11-16(8-5-4-6-9-16)20(12-13)15(21)14-7-10-17-18-14/h7,10,13H,3-6,8-9,11-12H2,1-2H3,(H,17,18). The molecule has 1 atom stereocenters. The van der Waals surface area contributed by atoms with Gasteiger partial charge in [-0.1, -0.05) is 26.2 Å². The lowest BCUT2D eigenvalue weighted by Gasteiger charge is -2.41. The van der Waals surface area contributed by atoms with E-state index in [1.807, 2.05) is 0 Å². The maximum Gasteiger partial charge on any atom is 0.272 e. The minimum absolute atomic E-state index is 0.0779. The van der Waals surface area contributed by atoms with Gasteiger partial charge in [0, 0.05) is 24.3 Å². The molecular weight excluding hydrogens is 264 g/mol. The molecule has 5 heteroatoms. The van der Waals surface area contributed by atoms with Crippen molar-refractivity contribution in [2.75, 3.05) is 20.1 Å². The smallest absolute Gasteiger partial charge is 0.272 e. The first-order valence-corrected chi connectivity index (χ1v) is 8.18. The maximum atomic E-state index is 12.9. The topological polar surface area (TPSA) is 52.2 Å². The molecule has 1 aromatic heterocycles. The van der Waals surface area contributed by atoms with E-state index < -0.39 is 0 Å². The number of hydrogen-bond donors (Lipinski definition) is 1. The molecule has 1 N–H and O–H groups in total. The number of rotatable bonds is 3. The summed E-state index contributed by atoms with van der Waals surface area (Å²) in [7, 11) is 2.17. The minimum Gasteiger partial charge on any atom is -0.330 e. The van der Waals surface area contributed by atoms with Crippen LogP contribution in [0.4, 0.5) is 0 Å². The molecule has 2 aliphatic rings. The molecular formula is C16H26N4O. The molecule has 1 spiro atoms. The largest absolute Gasteiger partial charge is 0.330 e. The first-order chi connectivity index (χ1) is 10.2. The molecule has 1 aromatic rings. The molecule has 0 aromatic carbocycles. The van der Waals surface area contributed by atoms with E-state index >= 15 is 0 Å². The predicted molar refractivity (Wildman–Crippen MR) is 82.1 cm³/mol. The van der Waals surface area contributed by atoms with E-state index in [0.717, 1.165) is 32.4 Å². The molecule has 1 unspecified atom stereocenters. The fourth-order valence-electron chi connectivity index (χ4n) is 4.07. The first kappa shape index (κ1) is 14.6. The number of aromatic nitrogens is 2. The fraction of sp³-hybridized carbons (Fsp3) is 0.750. The molecule has 1 aliphatic heterocycles. The summed E-state index contributed by atoms with van der Waals surface area (Å²) >= 11 is 0. The van der Waals surface area contributed by atoms with Crippen LogP contribution in [0.25, 0.3) is 0 Å². The highest BCUT2D eigenvalue weighted by Crippen LogP contribution is 2.43. The number of likely N-dealkylation sites (N-methyl/N-ethyl adjacent to an activating group) is 1. The van der Waals surface area contributed by atoms with Gasteiger partial charge in [-0.15, -0.1) is 0 Å². The Morgan fingerprint density at radius 3 is 2.86 bits per heavy atom. The number of carbonyl (C=O) groups excluding carboxylic acids is 1. The molecule has 1 saturated carbocycles. The predicted octanol–water partition coefficient (Wildman–Crippen LogP) is 2.28. The van der Waals surface area contributed by atoms with Crippen molar-refractivity contribution in [1.29, 1.82) is 0 Å². The summed E-state index contributed by atoms with van der Waals surface area (Å²) in [4.78, 5) is 17.4. The van der Waals surface area contributed by atoms with Gasteiger partial charge in [-0.2, -0.15) is 5.10 Å². The number of nitrogens with zero attached hydrogens (tertiary/aromatic N) is 3. The van der Waals surface area contributed by atoms with Crippen LogP contribution in [0, 0.1) is 0 Å². The number of aromatic amines is 1. The Kier molecular flexibility index (Phi) is 4.02. The molecule has 2 fully saturated rings. The van der Waals surface area contributed by atoms with Crippen LogP contribution in [0.15, 0.2) is 12.3 Å². The Hall–Kier alpha value is -1.36. The van der Waals surface area contributed by atoms with E-state index in [1.165, 1.54) is 19.3 Å². The van der Waals surface area contributed by atoms with Crippen LogP contribution in [-0.4, -0.2) is 57.6 Å². The van der Waals surface area contributed by atoms with Crippen molar-refractivity contribution < 1.29 is 4.79 Å². The van der Waals surface area contributed by atoms with Crippen molar-refractivity contribution in [1.82, 2.24) is 20.0 Å². The molecule has 0 bridgehead atoms. The van der Waals surface area contributed by atoms with E-state index in [0.29, 0.717) is 11.7 Å². The van der Waals surface area contributed by atoms with Crippen molar-refractivity contribution in [2.45, 2.75) is 57.0 Å². The van der Waals surface area contributed by atoms with Crippen LogP contribution >= 0.6 is 0 Å². The monoisotopic (exact) mass is 290 g/mol. The average Bonchev–Trinajstić information content (AvgIpc) is 3.15. The summed E-state index contributed by atoms with van der Waals surface area (Å²) in [6.07, 6.45) is 8.89. The zero-order valence-electron chi connectivity index (χ0n) is 13.1. The van der Waals surface area contributed by atoms with Gasteiger partial charge in [0.2, 0.25) is 0 Å². The number of H-pyrrole nitrogens is 1. The summed E-state index contributed by atoms with van der Waals surface area (Å²) in [6.45, 7) is 4.07. The third-order valence-electron chi connectivity index (χ3n) is 5.46. The van der Waals surface area contributed by atoms with Gasteiger partial charge in [0.1, 0.15) is 5.69 Å². The van der Waals surface area contributed by atoms with Crippen molar-refractivity contribution in [3.8, 4) is 0 Å². The summed E-state index contributed by atoms with van der Waals surface area (Å²) in [5, 5.41) is 6.77. The van der Waals surface area contributed by atoms with E-state index in [1.54, 1.807) is 12.3 Å². The van der Waals surface area contributed by atoms with Crippen molar-refractivity contribution in [3.63, 3.8) is 0 Å². The Labute approximate surface area is 126 Å². The molecule has 21 heavy (non-hydrogen) atoms. The Morgan fingerprint density at radius 2 is 2.24 bits per heavy atom. The van der Waals surface area contributed by atoms with Crippen molar-refractivity contribution >= 4 is 5.91 Å². The van der Waals surface area contributed by atoms with Crippen LogP contribution in [0.2, 0.25) is 0 Å². The lowest BCUT2D eigenvalue weighted by atomic mass is 9.79. The third-order valence-corrected chi connectivity index (χ3v) is 5.46. The second kappa shape index (κ2) is 5.79. The van der Waals surface area contributed by atoms with Crippen molar-refractivity contribution in [2.24, 2.45) is 0 Å². The molecule has 1 amide bonds. The quantitative estimate of drug-likeness (QED) is 0.929. The Balaban J connectivity index is 1.86. The normalized spacial score (nSPS) is 24.9. The summed E-state index contributed by atoms with van der Waals surface area (Å²) < 4.78 is 0. The van der Waals surface area contributed by atoms with E-state index in [4.69, 9.17) is 0 Å². The highest BCUT2D eigenvalue weighted by atomic mass is 16.2. The van der Waals surface area contributed by atoms with Crippen LogP contribution in [0.5, 0.6) is 0 Å². The zero-order chi connectivity index (χ0) is 14.9. The molecule has 1 saturated heterocycles. The number of amides is 1. The molecule has 3 rings (SSSR count). The Bertz CT molecular complexity index is 478. The number of nitrogens with one attached hydrogen (secondary N) is 1. The van der Waals surface area contributed by atoms with Gasteiger partial charge in [-0.25, -0.2) is 0 Å². The average molecular weight is 290 g/mol. The van der Waals surface area contributed by atoms with Crippen molar-refractivity contribution in [3.05, 3.63) is 18.0 Å². The molecule has 1 aliphatic carbocycles. The Morgan fingerprint density at radius 1 is 1.48 bits per heavy atom. The number of hydrogen-bond acceptors (Lipinski definition) is 3. The van der Waals surface area contributed by atoms with Gasteiger partial charge in [-0.3, -0.25) is 9.89 Å². The van der Waals surface area contributed by atoms with Gasteiger partial charge in [0.15, 0.2) is 0 Å². The van der Waals surface area contributed by atoms with Gasteiger partial charge in [0.05, 0.1) is 0 Å². The maximum absolute atomic E-state index is 12.9. The highest BCUT2D eigenvalue weighted by Gasteiger charge is 2.49. The third kappa shape index (κ3) is 2.59. The fourth-order valence-corrected chi connectivity index (χ4v) is 4.07. The van der Waals surface area contributed by atoms with Crippen LogP contribution in [0.1, 0.15) is 55.9 Å². The number of carbonyl (C=O) groups is 1. The van der Waals surface area contributed by atoms with E-state index in [9.17, 15) is 4.79 Å². The van der Waals surface area contributed by atoms with Gasteiger partial charge >= 0.3 is 0 Å². The van der Waals surface area contributed by atoms with Crippen LogP contribution in [-0.2, 0) is 0 Å². The van der Waals surface area contributed by atoms with E-state index in [2.05, 4.69) is 34.0 Å². The lowest BCUT2D eigenvalue weighted by molar-refractivity contribution is 0.0493. The zero-order valence-corrected chi connectivity index (χ0v) is 13.1. The van der Waals surface area contributed by atoms with E-state index in [-0.39, 0.29) is 11.4 Å². The first-order valence-electron chi connectivity index (χ1n) is 8.18. The van der Waals surface area contributed by atoms with Gasteiger partial charge in [0.25, 0.3) is 5.91 Å². The van der Waals surface area contributed by atoms with Crippen LogP contribution < -0.4 is 0 Å². The highest BCUT2D eigenvalue weighted by molar-refractivity contribution is 5.93. The number of likely N-dealkylation sites (tertiary alicyclic amines) is 1. The summed E-state index contributed by atoms with van der Waals surface area (Å²) in [5.41, 5.74) is 0.703. The van der Waals surface area contributed by atoms with Crippen LogP contribution in [0.3, 0.4) is 0 Å². The SMILES string of the molecule is CCN(C)C1CN(C(=O)c2ccn[nH]2)C2(CCCCC2)C1.